The Bertz CT molecular complexity index is 411. The van der Waals surface area contributed by atoms with Crippen LogP contribution in [0, 0.1) is 0 Å². The van der Waals surface area contributed by atoms with Crippen molar-refractivity contribution >= 4 is 23.4 Å². The Morgan fingerprint density at radius 3 is 2.50 bits per heavy atom. The number of nitrogens with zero attached hydrogens (tertiary/aromatic N) is 3. The first-order valence-electron chi connectivity index (χ1n) is 6.59. The fourth-order valence-corrected chi connectivity index (χ4v) is 3.94. The van der Waals surface area contributed by atoms with Crippen molar-refractivity contribution in [2.45, 2.75) is 63.2 Å². The molecule has 2 rings (SSSR count). The van der Waals surface area contributed by atoms with Crippen molar-refractivity contribution in [2.24, 2.45) is 0 Å². The van der Waals surface area contributed by atoms with Gasteiger partial charge < -0.3 is 0 Å². The highest BCUT2D eigenvalue weighted by Gasteiger charge is 2.33. The third-order valence-corrected chi connectivity index (χ3v) is 5.04. The zero-order valence-corrected chi connectivity index (χ0v) is 13.2. The molecular weight excluding hydrogens is 266 g/mol. The second-order valence-electron chi connectivity index (χ2n) is 6.04. The summed E-state index contributed by atoms with van der Waals surface area (Å²) in [5.74, 6) is 1.01. The van der Waals surface area contributed by atoms with E-state index in [1.165, 1.54) is 25.7 Å². The van der Waals surface area contributed by atoms with Crippen LogP contribution in [0.5, 0.6) is 0 Å². The van der Waals surface area contributed by atoms with Gasteiger partial charge in [0.2, 0.25) is 5.28 Å². The van der Waals surface area contributed by atoms with Gasteiger partial charge in [-0.25, -0.2) is 0 Å². The molecule has 1 aliphatic carbocycles. The normalized spacial score (nSPS) is 25.4. The number of hydrogen-bond acceptors (Lipinski definition) is 3. The first-order chi connectivity index (χ1) is 8.45. The molecule has 0 N–H and O–H groups in total. The zero-order chi connectivity index (χ0) is 13.3. The van der Waals surface area contributed by atoms with Crippen LogP contribution in [-0.2, 0) is 5.41 Å². The van der Waals surface area contributed by atoms with Crippen LogP contribution >= 0.6 is 23.4 Å². The molecule has 1 heterocycles. The summed E-state index contributed by atoms with van der Waals surface area (Å²) in [6, 6.07) is 0.450. The van der Waals surface area contributed by atoms with Crippen LogP contribution in [0.4, 0.5) is 0 Å². The topological polar surface area (TPSA) is 30.7 Å². The van der Waals surface area contributed by atoms with Crippen molar-refractivity contribution in [3.63, 3.8) is 0 Å². The molecule has 102 valence electrons. The Kier molecular flexibility index (Phi) is 4.27. The molecule has 1 aromatic rings. The molecule has 0 saturated heterocycles. The van der Waals surface area contributed by atoms with Crippen molar-refractivity contribution in [3.8, 4) is 0 Å². The van der Waals surface area contributed by atoms with Gasteiger partial charge in [0, 0.05) is 16.7 Å². The van der Waals surface area contributed by atoms with E-state index in [1.807, 2.05) is 11.8 Å². The van der Waals surface area contributed by atoms with Crippen molar-refractivity contribution < 1.29 is 0 Å². The molecular formula is C13H22ClN3S. The van der Waals surface area contributed by atoms with Crippen LogP contribution < -0.4 is 0 Å². The van der Waals surface area contributed by atoms with Gasteiger partial charge in [-0.05, 0) is 30.7 Å². The van der Waals surface area contributed by atoms with Gasteiger partial charge in [-0.1, -0.05) is 33.6 Å². The summed E-state index contributed by atoms with van der Waals surface area (Å²) < 4.78 is 2.18. The smallest absolute Gasteiger partial charge is 0.225 e. The van der Waals surface area contributed by atoms with E-state index in [1.54, 1.807) is 0 Å². The lowest BCUT2D eigenvalue weighted by molar-refractivity contribution is 0.341. The van der Waals surface area contributed by atoms with E-state index in [2.05, 4.69) is 41.8 Å². The van der Waals surface area contributed by atoms with Gasteiger partial charge in [0.25, 0.3) is 0 Å². The van der Waals surface area contributed by atoms with Crippen LogP contribution in [0.15, 0.2) is 0 Å². The first kappa shape index (κ1) is 14.2. The summed E-state index contributed by atoms with van der Waals surface area (Å²) >= 11 is 8.23. The minimum Gasteiger partial charge on any atom is -0.297 e. The fourth-order valence-electron chi connectivity index (χ4n) is 2.73. The minimum absolute atomic E-state index is 0.0133. The van der Waals surface area contributed by atoms with E-state index < -0.39 is 0 Å². The standard InChI is InChI=1S/C13H22ClN3S/c1-13(2,3)11-15-16-12(14)17(11)9-7-5-6-8-10(9)18-4/h9-10H,5-8H2,1-4H3. The van der Waals surface area contributed by atoms with E-state index in [0.29, 0.717) is 16.6 Å². The Morgan fingerprint density at radius 1 is 1.22 bits per heavy atom. The molecule has 0 spiro atoms. The molecule has 0 bridgehead atoms. The SMILES string of the molecule is CSC1CCCCC1n1c(Cl)nnc1C(C)(C)C. The maximum absolute atomic E-state index is 6.29. The molecule has 3 nitrogen and oxygen atoms in total. The highest BCUT2D eigenvalue weighted by molar-refractivity contribution is 7.99. The number of aromatic nitrogens is 3. The van der Waals surface area contributed by atoms with Crippen LogP contribution in [0.2, 0.25) is 5.28 Å². The highest BCUT2D eigenvalue weighted by Crippen LogP contribution is 2.39. The number of halogens is 1. The average molecular weight is 288 g/mol. The Hall–Kier alpha value is -0.220. The summed E-state index contributed by atoms with van der Waals surface area (Å²) in [6.07, 6.45) is 7.25. The second-order valence-corrected chi connectivity index (χ2v) is 7.45. The van der Waals surface area contributed by atoms with Crippen LogP contribution in [-0.4, -0.2) is 26.3 Å². The molecule has 0 radical (unpaired) electrons. The lowest BCUT2D eigenvalue weighted by atomic mass is 9.91. The first-order valence-corrected chi connectivity index (χ1v) is 8.25. The van der Waals surface area contributed by atoms with Crippen LogP contribution in [0.1, 0.15) is 58.3 Å². The molecule has 1 aliphatic rings. The van der Waals surface area contributed by atoms with Crippen molar-refractivity contribution in [2.75, 3.05) is 6.26 Å². The summed E-state index contributed by atoms with van der Waals surface area (Å²) in [7, 11) is 0. The largest absolute Gasteiger partial charge is 0.297 e. The molecule has 1 saturated carbocycles. The second kappa shape index (κ2) is 5.41. The number of thioether (sulfide) groups is 1. The Labute approximate surface area is 119 Å². The van der Waals surface area contributed by atoms with Gasteiger partial charge in [-0.3, -0.25) is 4.57 Å². The minimum atomic E-state index is -0.0133. The van der Waals surface area contributed by atoms with Gasteiger partial charge in [0.1, 0.15) is 5.82 Å². The zero-order valence-electron chi connectivity index (χ0n) is 11.6. The van der Waals surface area contributed by atoms with E-state index in [9.17, 15) is 0 Å². The predicted octanol–water partition coefficient (Wildman–Crippen LogP) is 4.08. The predicted molar refractivity (Wildman–Crippen MR) is 78.5 cm³/mol. The van der Waals surface area contributed by atoms with Crippen molar-refractivity contribution in [3.05, 3.63) is 11.1 Å². The molecule has 2 unspecified atom stereocenters. The van der Waals surface area contributed by atoms with Gasteiger partial charge in [-0.15, -0.1) is 10.2 Å². The van der Waals surface area contributed by atoms with Gasteiger partial charge in [-0.2, -0.15) is 11.8 Å². The van der Waals surface area contributed by atoms with Crippen LogP contribution in [0.3, 0.4) is 0 Å². The van der Waals surface area contributed by atoms with Crippen molar-refractivity contribution in [1.82, 2.24) is 14.8 Å². The summed E-state index contributed by atoms with van der Waals surface area (Å²) in [5.41, 5.74) is -0.0133. The van der Waals surface area contributed by atoms with Gasteiger partial charge >= 0.3 is 0 Å². The van der Waals surface area contributed by atoms with Crippen molar-refractivity contribution in [1.29, 1.82) is 0 Å². The lowest BCUT2D eigenvalue weighted by Crippen LogP contribution is -2.30. The maximum Gasteiger partial charge on any atom is 0.225 e. The molecule has 0 amide bonds. The maximum atomic E-state index is 6.29. The molecule has 0 aliphatic heterocycles. The monoisotopic (exact) mass is 287 g/mol. The van der Waals surface area contributed by atoms with E-state index in [-0.39, 0.29) is 5.41 Å². The van der Waals surface area contributed by atoms with Gasteiger partial charge in [0.15, 0.2) is 0 Å². The third kappa shape index (κ3) is 2.69. The fraction of sp³-hybridized carbons (Fsp3) is 0.846. The molecule has 2 atom stereocenters. The summed E-state index contributed by atoms with van der Waals surface area (Å²) in [5, 5.41) is 9.58. The third-order valence-electron chi connectivity index (χ3n) is 3.63. The molecule has 18 heavy (non-hydrogen) atoms. The summed E-state index contributed by atoms with van der Waals surface area (Å²) in [6.45, 7) is 6.50. The summed E-state index contributed by atoms with van der Waals surface area (Å²) in [4.78, 5) is 0. The Morgan fingerprint density at radius 2 is 1.89 bits per heavy atom. The molecule has 0 aromatic carbocycles. The molecule has 1 aromatic heterocycles. The van der Waals surface area contributed by atoms with E-state index >= 15 is 0 Å². The number of rotatable bonds is 2. The average Bonchev–Trinajstić information content (AvgIpc) is 2.70. The Balaban J connectivity index is 2.39. The van der Waals surface area contributed by atoms with E-state index in [0.717, 1.165) is 5.82 Å². The molecule has 5 heteroatoms. The number of hydrogen-bond donors (Lipinski definition) is 0. The van der Waals surface area contributed by atoms with Gasteiger partial charge in [0.05, 0.1) is 0 Å². The highest BCUT2D eigenvalue weighted by atomic mass is 35.5. The lowest BCUT2D eigenvalue weighted by Gasteiger charge is -2.34. The molecule has 1 fully saturated rings. The van der Waals surface area contributed by atoms with Crippen LogP contribution in [0.25, 0.3) is 0 Å². The quantitative estimate of drug-likeness (QED) is 0.821. The van der Waals surface area contributed by atoms with E-state index in [4.69, 9.17) is 11.6 Å².